The van der Waals surface area contributed by atoms with Crippen molar-refractivity contribution < 1.29 is 9.53 Å². The lowest BCUT2D eigenvalue weighted by Crippen LogP contribution is -2.34. The van der Waals surface area contributed by atoms with Gasteiger partial charge in [0.2, 0.25) is 0 Å². The van der Waals surface area contributed by atoms with Gasteiger partial charge in [-0.3, -0.25) is 15.0 Å². The number of amides is 2. The number of carbonyl (C=O) groups is 1. The number of urea groups is 1. The van der Waals surface area contributed by atoms with Gasteiger partial charge < -0.3 is 9.64 Å². The molecule has 2 rings (SSSR count). The molecule has 1 N–H and O–H groups in total. The number of nitrogens with one attached hydrogen (secondary N) is 1. The molecular formula is C16H23N5O2. The van der Waals surface area contributed by atoms with Crippen molar-refractivity contribution in [3.05, 3.63) is 42.4 Å². The van der Waals surface area contributed by atoms with Gasteiger partial charge in [0, 0.05) is 45.8 Å². The average molecular weight is 317 g/mol. The van der Waals surface area contributed by atoms with Gasteiger partial charge in [0.15, 0.2) is 5.82 Å². The molecule has 0 aliphatic heterocycles. The van der Waals surface area contributed by atoms with Crippen molar-refractivity contribution in [3.8, 4) is 0 Å². The van der Waals surface area contributed by atoms with E-state index in [1.807, 2.05) is 31.3 Å². The standard InChI is InChI=1S/C16H23N5O2/c1-13(14-7-4-5-9-17-14)20(2)16(22)18-15-8-11-21(19-15)10-6-12-23-3/h4-5,7-9,11,13H,6,10,12H2,1-3H3,(H,18,19,22). The van der Waals surface area contributed by atoms with Crippen molar-refractivity contribution in [1.82, 2.24) is 19.7 Å². The number of methoxy groups -OCH3 is 1. The lowest BCUT2D eigenvalue weighted by Gasteiger charge is -2.24. The van der Waals surface area contributed by atoms with Crippen LogP contribution in [0.1, 0.15) is 25.1 Å². The van der Waals surface area contributed by atoms with E-state index in [0.29, 0.717) is 12.4 Å². The maximum atomic E-state index is 12.3. The fourth-order valence-corrected chi connectivity index (χ4v) is 2.12. The van der Waals surface area contributed by atoms with Crippen LogP contribution in [0.15, 0.2) is 36.7 Å². The predicted octanol–water partition coefficient (Wildman–Crippen LogP) is 2.54. The Balaban J connectivity index is 1.91. The molecule has 0 spiro atoms. The van der Waals surface area contributed by atoms with Gasteiger partial charge in [-0.2, -0.15) is 5.10 Å². The maximum Gasteiger partial charge on any atom is 0.323 e. The zero-order valence-electron chi connectivity index (χ0n) is 13.8. The highest BCUT2D eigenvalue weighted by Crippen LogP contribution is 2.17. The summed E-state index contributed by atoms with van der Waals surface area (Å²) in [5, 5.41) is 7.12. The molecule has 0 bridgehead atoms. The van der Waals surface area contributed by atoms with Crippen LogP contribution in [-0.2, 0) is 11.3 Å². The summed E-state index contributed by atoms with van der Waals surface area (Å²) in [6, 6.07) is 7.10. The van der Waals surface area contributed by atoms with Crippen molar-refractivity contribution in [3.63, 3.8) is 0 Å². The Labute approximate surface area is 136 Å². The molecule has 0 saturated heterocycles. The second-order valence-corrected chi connectivity index (χ2v) is 5.28. The van der Waals surface area contributed by atoms with Crippen LogP contribution in [-0.4, -0.2) is 46.5 Å². The fourth-order valence-electron chi connectivity index (χ4n) is 2.12. The Bertz CT molecular complexity index is 614. The quantitative estimate of drug-likeness (QED) is 0.797. The van der Waals surface area contributed by atoms with Gasteiger partial charge in [-0.15, -0.1) is 0 Å². The highest BCUT2D eigenvalue weighted by Gasteiger charge is 2.18. The highest BCUT2D eigenvalue weighted by molar-refractivity contribution is 5.88. The Morgan fingerprint density at radius 2 is 2.26 bits per heavy atom. The number of aryl methyl sites for hydroxylation is 1. The lowest BCUT2D eigenvalue weighted by atomic mass is 10.2. The Hall–Kier alpha value is -2.41. The first kappa shape index (κ1) is 17.0. The van der Waals surface area contributed by atoms with E-state index in [9.17, 15) is 4.79 Å². The second-order valence-electron chi connectivity index (χ2n) is 5.28. The van der Waals surface area contributed by atoms with Crippen LogP contribution in [0.3, 0.4) is 0 Å². The fraction of sp³-hybridized carbons (Fsp3) is 0.438. The summed E-state index contributed by atoms with van der Waals surface area (Å²) in [4.78, 5) is 18.2. The van der Waals surface area contributed by atoms with Crippen LogP contribution < -0.4 is 5.32 Å². The number of anilines is 1. The largest absolute Gasteiger partial charge is 0.385 e. The molecule has 0 aliphatic carbocycles. The topological polar surface area (TPSA) is 72.3 Å². The van der Waals surface area contributed by atoms with Crippen molar-refractivity contribution in [2.24, 2.45) is 0 Å². The van der Waals surface area contributed by atoms with Gasteiger partial charge in [-0.25, -0.2) is 4.79 Å². The first-order valence-electron chi connectivity index (χ1n) is 7.59. The number of hydrogen-bond acceptors (Lipinski definition) is 4. The summed E-state index contributed by atoms with van der Waals surface area (Å²) in [6.45, 7) is 3.38. The molecule has 1 unspecified atom stereocenters. The summed E-state index contributed by atoms with van der Waals surface area (Å²) in [7, 11) is 3.41. The normalized spacial score (nSPS) is 12.0. The first-order chi connectivity index (χ1) is 11.1. The average Bonchev–Trinajstić information content (AvgIpc) is 3.02. The highest BCUT2D eigenvalue weighted by atomic mass is 16.5. The Morgan fingerprint density at radius 1 is 1.43 bits per heavy atom. The van der Waals surface area contributed by atoms with Gasteiger partial charge in [-0.05, 0) is 25.5 Å². The van der Waals surface area contributed by atoms with Crippen LogP contribution in [0.25, 0.3) is 0 Å². The Kier molecular flexibility index (Phi) is 6.10. The SMILES string of the molecule is COCCCn1ccc(NC(=O)N(C)C(C)c2ccccn2)n1. The summed E-state index contributed by atoms with van der Waals surface area (Å²) in [5.74, 6) is 0.535. The van der Waals surface area contributed by atoms with E-state index in [0.717, 1.165) is 18.7 Å². The van der Waals surface area contributed by atoms with Gasteiger partial charge in [0.05, 0.1) is 11.7 Å². The number of carbonyl (C=O) groups excluding carboxylic acids is 1. The molecule has 7 heteroatoms. The molecule has 2 amide bonds. The number of rotatable bonds is 7. The second kappa shape index (κ2) is 8.28. The maximum absolute atomic E-state index is 12.3. The summed E-state index contributed by atoms with van der Waals surface area (Å²) in [6.07, 6.45) is 4.44. The van der Waals surface area contributed by atoms with Crippen LogP contribution in [0.5, 0.6) is 0 Å². The number of aromatic nitrogens is 3. The molecule has 7 nitrogen and oxygen atoms in total. The molecule has 0 saturated carbocycles. The summed E-state index contributed by atoms with van der Waals surface area (Å²) >= 11 is 0. The van der Waals surface area contributed by atoms with E-state index in [4.69, 9.17) is 4.74 Å². The molecule has 0 aromatic carbocycles. The van der Waals surface area contributed by atoms with Crippen LogP contribution in [0, 0.1) is 0 Å². The smallest absolute Gasteiger partial charge is 0.323 e. The molecule has 2 heterocycles. The van der Waals surface area contributed by atoms with Crippen LogP contribution in [0.4, 0.5) is 10.6 Å². The van der Waals surface area contributed by atoms with Crippen molar-refractivity contribution in [1.29, 1.82) is 0 Å². The van der Waals surface area contributed by atoms with Crippen LogP contribution in [0.2, 0.25) is 0 Å². The van der Waals surface area contributed by atoms with Gasteiger partial charge in [0.25, 0.3) is 0 Å². The Morgan fingerprint density at radius 3 is 2.96 bits per heavy atom. The zero-order chi connectivity index (χ0) is 16.7. The summed E-state index contributed by atoms with van der Waals surface area (Å²) < 4.78 is 6.80. The van der Waals surface area contributed by atoms with Gasteiger partial charge >= 0.3 is 6.03 Å². The number of nitrogens with zero attached hydrogens (tertiary/aromatic N) is 4. The van der Waals surface area contributed by atoms with Gasteiger partial charge in [0.1, 0.15) is 0 Å². The van der Waals surface area contributed by atoms with Crippen molar-refractivity contribution >= 4 is 11.8 Å². The minimum atomic E-state index is -0.217. The van der Waals surface area contributed by atoms with Crippen LogP contribution >= 0.6 is 0 Å². The number of hydrogen-bond donors (Lipinski definition) is 1. The van der Waals surface area contributed by atoms with E-state index >= 15 is 0 Å². The van der Waals surface area contributed by atoms with E-state index in [1.54, 1.807) is 36.0 Å². The molecule has 124 valence electrons. The summed E-state index contributed by atoms with van der Waals surface area (Å²) in [5.41, 5.74) is 0.843. The molecule has 2 aromatic heterocycles. The lowest BCUT2D eigenvalue weighted by molar-refractivity contribution is 0.189. The molecule has 0 radical (unpaired) electrons. The van der Waals surface area contributed by atoms with Crippen molar-refractivity contribution in [2.75, 3.05) is 26.1 Å². The predicted molar refractivity (Wildman–Crippen MR) is 88.2 cm³/mol. The minimum Gasteiger partial charge on any atom is -0.385 e. The third-order valence-corrected chi connectivity index (χ3v) is 3.63. The molecule has 2 aromatic rings. The zero-order valence-corrected chi connectivity index (χ0v) is 13.8. The minimum absolute atomic E-state index is 0.125. The molecular weight excluding hydrogens is 294 g/mol. The molecule has 0 fully saturated rings. The van der Waals surface area contributed by atoms with Gasteiger partial charge in [-0.1, -0.05) is 6.07 Å². The molecule has 1 atom stereocenters. The molecule has 23 heavy (non-hydrogen) atoms. The number of pyridine rings is 1. The molecule has 0 aliphatic rings. The number of ether oxygens (including phenoxy) is 1. The first-order valence-corrected chi connectivity index (χ1v) is 7.59. The third kappa shape index (κ3) is 4.79. The third-order valence-electron chi connectivity index (χ3n) is 3.63. The van der Waals surface area contributed by atoms with Crippen molar-refractivity contribution in [2.45, 2.75) is 25.9 Å². The monoisotopic (exact) mass is 317 g/mol. The van der Waals surface area contributed by atoms with E-state index < -0.39 is 0 Å². The van der Waals surface area contributed by atoms with E-state index in [2.05, 4.69) is 15.4 Å². The van der Waals surface area contributed by atoms with E-state index in [1.165, 1.54) is 0 Å². The van der Waals surface area contributed by atoms with E-state index in [-0.39, 0.29) is 12.1 Å².